The van der Waals surface area contributed by atoms with Gasteiger partial charge in [-0.15, -0.1) is 0 Å². The molecule has 0 saturated heterocycles. The third kappa shape index (κ3) is 2.47. The molecule has 4 heteroatoms. The van der Waals surface area contributed by atoms with Crippen molar-refractivity contribution < 1.29 is 10.2 Å². The standard InChI is InChI=1S/C10H14BrNO2/c1-10(12,4-5-13)8-6-7(11)2-3-9(8)14/h2-3,6,13-14H,4-5,12H2,1H3/t10-/m0/s1. The number of hydrogen-bond donors (Lipinski definition) is 3. The van der Waals surface area contributed by atoms with E-state index in [1.807, 2.05) is 0 Å². The van der Waals surface area contributed by atoms with E-state index in [0.717, 1.165) is 4.47 Å². The number of benzene rings is 1. The molecule has 0 radical (unpaired) electrons. The topological polar surface area (TPSA) is 66.5 Å². The van der Waals surface area contributed by atoms with Gasteiger partial charge in [-0.25, -0.2) is 0 Å². The molecule has 0 aliphatic carbocycles. The van der Waals surface area contributed by atoms with Gasteiger partial charge in [-0.2, -0.15) is 0 Å². The first kappa shape index (κ1) is 11.5. The molecule has 14 heavy (non-hydrogen) atoms. The van der Waals surface area contributed by atoms with Gasteiger partial charge in [0.15, 0.2) is 0 Å². The van der Waals surface area contributed by atoms with Gasteiger partial charge in [0.25, 0.3) is 0 Å². The Morgan fingerprint density at radius 2 is 2.14 bits per heavy atom. The zero-order chi connectivity index (χ0) is 10.8. The van der Waals surface area contributed by atoms with Crippen molar-refractivity contribution in [1.82, 2.24) is 0 Å². The first-order valence-corrected chi connectivity index (χ1v) is 5.15. The Kier molecular flexibility index (Phi) is 3.53. The molecule has 4 N–H and O–H groups in total. The molecule has 0 amide bonds. The molecule has 0 aliphatic rings. The van der Waals surface area contributed by atoms with Gasteiger partial charge in [0.1, 0.15) is 5.75 Å². The molecule has 0 aliphatic heterocycles. The quantitative estimate of drug-likeness (QED) is 0.775. The van der Waals surface area contributed by atoms with E-state index < -0.39 is 5.54 Å². The predicted octanol–water partition coefficient (Wildman–Crippen LogP) is 1.71. The molecule has 1 aromatic rings. The highest BCUT2D eigenvalue weighted by Gasteiger charge is 2.23. The summed E-state index contributed by atoms with van der Waals surface area (Å²) in [4.78, 5) is 0. The van der Waals surface area contributed by atoms with E-state index >= 15 is 0 Å². The number of nitrogens with two attached hydrogens (primary N) is 1. The van der Waals surface area contributed by atoms with E-state index in [1.165, 1.54) is 0 Å². The summed E-state index contributed by atoms with van der Waals surface area (Å²) in [7, 11) is 0. The molecule has 1 aromatic carbocycles. The van der Waals surface area contributed by atoms with Crippen LogP contribution in [0.2, 0.25) is 0 Å². The molecule has 0 heterocycles. The van der Waals surface area contributed by atoms with E-state index in [1.54, 1.807) is 25.1 Å². The van der Waals surface area contributed by atoms with E-state index in [-0.39, 0.29) is 12.4 Å². The Labute approximate surface area is 91.7 Å². The number of rotatable bonds is 3. The van der Waals surface area contributed by atoms with Crippen molar-refractivity contribution >= 4 is 15.9 Å². The average Bonchev–Trinajstić information content (AvgIpc) is 2.09. The minimum Gasteiger partial charge on any atom is -0.508 e. The van der Waals surface area contributed by atoms with Crippen molar-refractivity contribution in [2.24, 2.45) is 5.73 Å². The highest BCUT2D eigenvalue weighted by atomic mass is 79.9. The van der Waals surface area contributed by atoms with Gasteiger partial charge in [0.05, 0.1) is 0 Å². The summed E-state index contributed by atoms with van der Waals surface area (Å²) in [5, 5.41) is 18.5. The molecule has 0 saturated carbocycles. The first-order chi connectivity index (χ1) is 6.47. The van der Waals surface area contributed by atoms with E-state index in [0.29, 0.717) is 12.0 Å². The molecule has 1 rings (SSSR count). The molecule has 0 unspecified atom stereocenters. The van der Waals surface area contributed by atoms with Gasteiger partial charge in [0.2, 0.25) is 0 Å². The number of aliphatic hydroxyl groups is 1. The van der Waals surface area contributed by atoms with Crippen LogP contribution in [0.25, 0.3) is 0 Å². The van der Waals surface area contributed by atoms with Crippen molar-refractivity contribution in [2.45, 2.75) is 18.9 Å². The van der Waals surface area contributed by atoms with Crippen molar-refractivity contribution in [2.75, 3.05) is 6.61 Å². The molecular formula is C10H14BrNO2. The summed E-state index contributed by atoms with van der Waals surface area (Å²) in [6.07, 6.45) is 0.414. The molecule has 0 spiro atoms. The minimum atomic E-state index is -0.706. The lowest BCUT2D eigenvalue weighted by atomic mass is 9.89. The molecule has 0 bridgehead atoms. The van der Waals surface area contributed by atoms with Crippen molar-refractivity contribution in [3.05, 3.63) is 28.2 Å². The second-order valence-electron chi connectivity index (χ2n) is 3.55. The third-order valence-corrected chi connectivity index (χ3v) is 2.70. The molecular weight excluding hydrogens is 246 g/mol. The molecule has 1 atom stereocenters. The Hall–Kier alpha value is -0.580. The maximum atomic E-state index is 9.61. The fourth-order valence-corrected chi connectivity index (χ4v) is 1.69. The van der Waals surface area contributed by atoms with E-state index in [2.05, 4.69) is 15.9 Å². The van der Waals surface area contributed by atoms with Crippen molar-refractivity contribution in [3.63, 3.8) is 0 Å². The summed E-state index contributed by atoms with van der Waals surface area (Å²) in [6, 6.07) is 5.10. The monoisotopic (exact) mass is 259 g/mol. The lowest BCUT2D eigenvalue weighted by molar-refractivity contribution is 0.245. The maximum absolute atomic E-state index is 9.61. The second kappa shape index (κ2) is 4.29. The van der Waals surface area contributed by atoms with Crippen LogP contribution in [-0.2, 0) is 5.54 Å². The number of phenolic OH excluding ortho intramolecular Hbond substituents is 1. The Balaban J connectivity index is 3.10. The second-order valence-corrected chi connectivity index (χ2v) is 4.47. The highest BCUT2D eigenvalue weighted by Crippen LogP contribution is 2.31. The van der Waals surface area contributed by atoms with Crippen LogP contribution in [0.3, 0.4) is 0 Å². The van der Waals surface area contributed by atoms with Gasteiger partial charge in [-0.3, -0.25) is 0 Å². The summed E-state index contributed by atoms with van der Waals surface area (Å²) in [5.74, 6) is 0.159. The van der Waals surface area contributed by atoms with Gasteiger partial charge in [-0.1, -0.05) is 15.9 Å². The summed E-state index contributed by atoms with van der Waals surface area (Å²) in [6.45, 7) is 1.78. The molecule has 3 nitrogen and oxygen atoms in total. The normalized spacial score (nSPS) is 15.1. The summed E-state index contributed by atoms with van der Waals surface area (Å²) >= 11 is 3.31. The fourth-order valence-electron chi connectivity index (χ4n) is 1.33. The van der Waals surface area contributed by atoms with Crippen LogP contribution >= 0.6 is 15.9 Å². The Morgan fingerprint density at radius 1 is 1.50 bits per heavy atom. The van der Waals surface area contributed by atoms with Gasteiger partial charge in [0, 0.05) is 22.2 Å². The van der Waals surface area contributed by atoms with Crippen LogP contribution < -0.4 is 5.73 Å². The fraction of sp³-hybridized carbons (Fsp3) is 0.400. The van der Waals surface area contributed by atoms with Gasteiger partial charge < -0.3 is 15.9 Å². The maximum Gasteiger partial charge on any atom is 0.120 e. The average molecular weight is 260 g/mol. The van der Waals surface area contributed by atoms with Crippen LogP contribution in [0.15, 0.2) is 22.7 Å². The van der Waals surface area contributed by atoms with Gasteiger partial charge in [-0.05, 0) is 31.5 Å². The molecule has 78 valence electrons. The smallest absolute Gasteiger partial charge is 0.120 e. The minimum absolute atomic E-state index is 0.00104. The van der Waals surface area contributed by atoms with Crippen LogP contribution in [0, 0.1) is 0 Å². The third-order valence-electron chi connectivity index (χ3n) is 2.21. The van der Waals surface area contributed by atoms with Crippen LogP contribution in [0.5, 0.6) is 5.75 Å². The number of hydrogen-bond acceptors (Lipinski definition) is 3. The Bertz CT molecular complexity index is 326. The van der Waals surface area contributed by atoms with E-state index in [9.17, 15) is 5.11 Å². The van der Waals surface area contributed by atoms with Crippen LogP contribution in [0.4, 0.5) is 0 Å². The number of aliphatic hydroxyl groups excluding tert-OH is 1. The Morgan fingerprint density at radius 3 is 2.71 bits per heavy atom. The van der Waals surface area contributed by atoms with Gasteiger partial charge >= 0.3 is 0 Å². The van der Waals surface area contributed by atoms with Crippen molar-refractivity contribution in [3.8, 4) is 5.75 Å². The van der Waals surface area contributed by atoms with Crippen molar-refractivity contribution in [1.29, 1.82) is 0 Å². The largest absolute Gasteiger partial charge is 0.508 e. The lowest BCUT2D eigenvalue weighted by Gasteiger charge is -2.25. The first-order valence-electron chi connectivity index (χ1n) is 4.36. The number of aromatic hydroxyl groups is 1. The van der Waals surface area contributed by atoms with Crippen LogP contribution in [0.1, 0.15) is 18.9 Å². The lowest BCUT2D eigenvalue weighted by Crippen LogP contribution is -2.34. The number of halogens is 1. The number of phenols is 1. The zero-order valence-corrected chi connectivity index (χ0v) is 9.58. The summed E-state index contributed by atoms with van der Waals surface area (Å²) < 4.78 is 0.861. The highest BCUT2D eigenvalue weighted by molar-refractivity contribution is 9.10. The SMILES string of the molecule is C[C@](N)(CCO)c1cc(Br)ccc1O. The molecule has 0 aromatic heterocycles. The predicted molar refractivity (Wildman–Crippen MR) is 59.0 cm³/mol. The van der Waals surface area contributed by atoms with E-state index in [4.69, 9.17) is 10.8 Å². The summed E-state index contributed by atoms with van der Waals surface area (Å²) in [5.41, 5.74) is 5.91. The molecule has 0 fully saturated rings. The zero-order valence-electron chi connectivity index (χ0n) is 8.00. The van der Waals surface area contributed by atoms with Crippen LogP contribution in [-0.4, -0.2) is 16.8 Å².